The van der Waals surface area contributed by atoms with Crippen LogP contribution < -0.4 is 5.32 Å². The van der Waals surface area contributed by atoms with Crippen molar-refractivity contribution < 1.29 is 0 Å². The summed E-state index contributed by atoms with van der Waals surface area (Å²) in [5, 5.41) is 6.01. The maximum absolute atomic E-state index is 3.81. The van der Waals surface area contributed by atoms with Gasteiger partial charge in [0.05, 0.1) is 0 Å². The van der Waals surface area contributed by atoms with Gasteiger partial charge in [0.1, 0.15) is 0 Å². The van der Waals surface area contributed by atoms with Gasteiger partial charge in [0, 0.05) is 46.4 Å². The Morgan fingerprint density at radius 3 is 2.85 bits per heavy atom. The van der Waals surface area contributed by atoms with Crippen molar-refractivity contribution in [3.63, 3.8) is 0 Å². The van der Waals surface area contributed by atoms with E-state index in [4.69, 9.17) is 0 Å². The summed E-state index contributed by atoms with van der Waals surface area (Å²) in [6, 6.07) is 3.72. The molecule has 0 radical (unpaired) electrons. The zero-order valence-corrected chi connectivity index (χ0v) is 14.8. The topological polar surface area (TPSA) is 15.3 Å². The number of nitrogens with zero attached hydrogens (tertiary/aromatic N) is 1. The highest BCUT2D eigenvalue weighted by molar-refractivity contribution is 9.10. The minimum atomic E-state index is 0.700. The van der Waals surface area contributed by atoms with E-state index in [9.17, 15) is 0 Å². The van der Waals surface area contributed by atoms with Gasteiger partial charge in [-0.15, -0.1) is 11.3 Å². The Morgan fingerprint density at radius 1 is 1.45 bits per heavy atom. The standard InChI is InChI=1S/C16H25BrN2S/c1-11(2)5-14-7-18-16(12-3-4-12)9-19(14)8-15-6-13(17)10-20-15/h6,10-12,14,16,18H,3-5,7-9H2,1-2H3. The third kappa shape index (κ3) is 3.85. The minimum Gasteiger partial charge on any atom is -0.311 e. The quantitative estimate of drug-likeness (QED) is 0.853. The van der Waals surface area contributed by atoms with Crippen LogP contribution in [0.25, 0.3) is 0 Å². The maximum atomic E-state index is 3.81. The van der Waals surface area contributed by atoms with Crippen molar-refractivity contribution in [2.45, 2.75) is 51.7 Å². The molecule has 1 saturated heterocycles. The molecule has 0 aromatic carbocycles. The first-order chi connectivity index (χ1) is 9.61. The van der Waals surface area contributed by atoms with E-state index in [1.54, 1.807) is 0 Å². The molecule has 2 heterocycles. The fraction of sp³-hybridized carbons (Fsp3) is 0.750. The number of nitrogens with one attached hydrogen (secondary N) is 1. The summed E-state index contributed by atoms with van der Waals surface area (Å²) in [5.74, 6) is 1.73. The monoisotopic (exact) mass is 356 g/mol. The molecule has 3 rings (SSSR count). The van der Waals surface area contributed by atoms with Crippen molar-refractivity contribution in [1.82, 2.24) is 10.2 Å². The van der Waals surface area contributed by atoms with E-state index in [0.717, 1.165) is 24.4 Å². The number of thiophene rings is 1. The van der Waals surface area contributed by atoms with E-state index >= 15 is 0 Å². The highest BCUT2D eigenvalue weighted by Gasteiger charge is 2.37. The van der Waals surface area contributed by atoms with Crippen LogP contribution in [0.1, 0.15) is 38.0 Å². The molecule has 4 heteroatoms. The molecule has 0 amide bonds. The molecular formula is C16H25BrN2S. The summed E-state index contributed by atoms with van der Waals surface area (Å²) in [6.07, 6.45) is 4.17. The predicted octanol–water partition coefficient (Wildman–Crippen LogP) is 4.11. The summed E-state index contributed by atoms with van der Waals surface area (Å²) < 4.78 is 1.23. The molecule has 0 bridgehead atoms. The lowest BCUT2D eigenvalue weighted by Crippen LogP contribution is -2.57. The zero-order valence-electron chi connectivity index (χ0n) is 12.4. The SMILES string of the molecule is CC(C)CC1CNC(C2CC2)CN1Cc1cc(Br)cs1. The average molecular weight is 357 g/mol. The van der Waals surface area contributed by atoms with E-state index in [1.165, 1.54) is 41.7 Å². The molecule has 112 valence electrons. The Hall–Kier alpha value is 0.1000. The zero-order chi connectivity index (χ0) is 14.1. The van der Waals surface area contributed by atoms with Crippen LogP contribution in [0.3, 0.4) is 0 Å². The molecule has 1 aromatic heterocycles. The van der Waals surface area contributed by atoms with Crippen molar-refractivity contribution >= 4 is 27.3 Å². The summed E-state index contributed by atoms with van der Waals surface area (Å²) in [7, 11) is 0. The van der Waals surface area contributed by atoms with Gasteiger partial charge in [0.15, 0.2) is 0 Å². The summed E-state index contributed by atoms with van der Waals surface area (Å²) >= 11 is 5.46. The summed E-state index contributed by atoms with van der Waals surface area (Å²) in [4.78, 5) is 4.22. The van der Waals surface area contributed by atoms with Gasteiger partial charge in [0.25, 0.3) is 0 Å². The van der Waals surface area contributed by atoms with E-state index < -0.39 is 0 Å². The van der Waals surface area contributed by atoms with Crippen LogP contribution in [-0.4, -0.2) is 30.1 Å². The third-order valence-corrected chi connectivity index (χ3v) is 6.16. The van der Waals surface area contributed by atoms with Crippen LogP contribution in [0.2, 0.25) is 0 Å². The van der Waals surface area contributed by atoms with Crippen LogP contribution in [-0.2, 0) is 6.54 Å². The van der Waals surface area contributed by atoms with E-state index in [2.05, 4.69) is 51.4 Å². The fourth-order valence-corrected chi connectivity index (χ4v) is 4.78. The van der Waals surface area contributed by atoms with Crippen molar-refractivity contribution in [2.24, 2.45) is 11.8 Å². The Morgan fingerprint density at radius 2 is 2.25 bits per heavy atom. The highest BCUT2D eigenvalue weighted by Crippen LogP contribution is 2.35. The second kappa shape index (κ2) is 6.47. The molecular weight excluding hydrogens is 332 g/mol. The molecule has 0 spiro atoms. The number of piperazine rings is 1. The second-order valence-corrected chi connectivity index (χ2v) is 8.71. The lowest BCUT2D eigenvalue weighted by Gasteiger charge is -2.41. The summed E-state index contributed by atoms with van der Waals surface area (Å²) in [6.45, 7) is 8.21. The fourth-order valence-electron chi connectivity index (χ4n) is 3.30. The van der Waals surface area contributed by atoms with Crippen molar-refractivity contribution in [1.29, 1.82) is 0 Å². The molecule has 2 nitrogen and oxygen atoms in total. The lowest BCUT2D eigenvalue weighted by atomic mass is 9.97. The van der Waals surface area contributed by atoms with Crippen molar-refractivity contribution in [3.8, 4) is 0 Å². The van der Waals surface area contributed by atoms with Gasteiger partial charge in [-0.1, -0.05) is 13.8 Å². The molecule has 2 atom stereocenters. The minimum absolute atomic E-state index is 0.700. The first-order valence-electron chi connectivity index (χ1n) is 7.82. The van der Waals surface area contributed by atoms with Crippen LogP contribution in [0, 0.1) is 11.8 Å². The Kier molecular flexibility index (Phi) is 4.86. The normalized spacial score (nSPS) is 28.2. The second-order valence-electron chi connectivity index (χ2n) is 6.80. The highest BCUT2D eigenvalue weighted by atomic mass is 79.9. The Labute approximate surface area is 135 Å². The van der Waals surface area contributed by atoms with E-state index in [0.29, 0.717) is 6.04 Å². The molecule has 1 aromatic rings. The molecule has 2 fully saturated rings. The predicted molar refractivity (Wildman–Crippen MR) is 90.2 cm³/mol. The number of halogens is 1. The van der Waals surface area contributed by atoms with Crippen LogP contribution in [0.5, 0.6) is 0 Å². The van der Waals surface area contributed by atoms with Gasteiger partial charge in [-0.25, -0.2) is 0 Å². The number of rotatable bonds is 5. The summed E-state index contributed by atoms with van der Waals surface area (Å²) in [5.41, 5.74) is 0. The van der Waals surface area contributed by atoms with Gasteiger partial charge in [-0.3, -0.25) is 4.90 Å². The van der Waals surface area contributed by atoms with Crippen molar-refractivity contribution in [2.75, 3.05) is 13.1 Å². The van der Waals surface area contributed by atoms with Crippen LogP contribution >= 0.6 is 27.3 Å². The van der Waals surface area contributed by atoms with Crippen LogP contribution in [0.4, 0.5) is 0 Å². The van der Waals surface area contributed by atoms with E-state index in [1.807, 2.05) is 11.3 Å². The first-order valence-corrected chi connectivity index (χ1v) is 9.49. The number of hydrogen-bond acceptors (Lipinski definition) is 3. The van der Waals surface area contributed by atoms with Crippen molar-refractivity contribution in [3.05, 3.63) is 20.8 Å². The third-order valence-electron chi connectivity index (χ3n) is 4.48. The van der Waals surface area contributed by atoms with Crippen LogP contribution in [0.15, 0.2) is 15.9 Å². The molecule has 1 saturated carbocycles. The molecule has 1 aliphatic heterocycles. The lowest BCUT2D eigenvalue weighted by molar-refractivity contribution is 0.101. The van der Waals surface area contributed by atoms with Gasteiger partial charge in [0.2, 0.25) is 0 Å². The average Bonchev–Trinajstić information content (AvgIpc) is 3.15. The molecule has 2 unspecified atom stereocenters. The Bertz CT molecular complexity index is 441. The molecule has 1 N–H and O–H groups in total. The smallest absolute Gasteiger partial charge is 0.0332 e. The molecule has 20 heavy (non-hydrogen) atoms. The van der Waals surface area contributed by atoms with E-state index in [-0.39, 0.29) is 0 Å². The maximum Gasteiger partial charge on any atom is 0.0332 e. The molecule has 2 aliphatic rings. The molecule has 1 aliphatic carbocycles. The first kappa shape index (κ1) is 15.0. The van der Waals surface area contributed by atoms with Gasteiger partial charge in [-0.05, 0) is 53.1 Å². The van der Waals surface area contributed by atoms with Gasteiger partial charge >= 0.3 is 0 Å². The van der Waals surface area contributed by atoms with Gasteiger partial charge < -0.3 is 5.32 Å². The van der Waals surface area contributed by atoms with Gasteiger partial charge in [-0.2, -0.15) is 0 Å². The largest absolute Gasteiger partial charge is 0.311 e. The number of hydrogen-bond donors (Lipinski definition) is 1. The Balaban J connectivity index is 1.66.